The van der Waals surface area contributed by atoms with Crippen molar-refractivity contribution in [1.29, 1.82) is 0 Å². The van der Waals surface area contributed by atoms with Gasteiger partial charge in [-0.2, -0.15) is 0 Å². The van der Waals surface area contributed by atoms with Crippen LogP contribution in [0.3, 0.4) is 0 Å². The van der Waals surface area contributed by atoms with Crippen LogP contribution in [0.1, 0.15) is 6.42 Å². The number of pyridine rings is 1. The van der Waals surface area contributed by atoms with Crippen LogP contribution in [0, 0.1) is 0 Å². The Balaban J connectivity index is 1.83. The lowest BCUT2D eigenvalue weighted by molar-refractivity contribution is 0.387. The van der Waals surface area contributed by atoms with Crippen molar-refractivity contribution in [2.24, 2.45) is 0 Å². The van der Waals surface area contributed by atoms with E-state index in [0.29, 0.717) is 11.2 Å². The number of nitrogens with one attached hydrogen (secondary N) is 2. The second kappa shape index (κ2) is 3.94. The van der Waals surface area contributed by atoms with Crippen LogP contribution in [0.5, 0.6) is 0 Å². The maximum Gasteiger partial charge on any atom is 0.129 e. The van der Waals surface area contributed by atoms with Gasteiger partial charge >= 0.3 is 0 Å². The van der Waals surface area contributed by atoms with Gasteiger partial charge in [-0.1, -0.05) is 11.6 Å². The molecule has 4 heteroatoms. The third-order valence-electron chi connectivity index (χ3n) is 2.21. The molecule has 0 radical (unpaired) electrons. The highest BCUT2D eigenvalue weighted by atomic mass is 35.5. The van der Waals surface area contributed by atoms with Crippen LogP contribution in [0.25, 0.3) is 0 Å². The maximum atomic E-state index is 5.66. The first kappa shape index (κ1) is 8.78. The average Bonchev–Trinajstić information content (AvgIpc) is 2.05. The monoisotopic (exact) mass is 197 g/mol. The Morgan fingerprint density at radius 2 is 2.46 bits per heavy atom. The Labute approximate surface area is 82.5 Å². The summed E-state index contributed by atoms with van der Waals surface area (Å²) in [6.07, 6.45) is 3.01. The van der Waals surface area contributed by atoms with Crippen LogP contribution < -0.4 is 10.6 Å². The number of rotatable bonds is 3. The Hall–Kier alpha value is -0.800. The minimum atomic E-state index is 0.535. The van der Waals surface area contributed by atoms with Crippen molar-refractivity contribution >= 4 is 17.3 Å². The van der Waals surface area contributed by atoms with Gasteiger partial charge in [0.15, 0.2) is 0 Å². The highest BCUT2D eigenvalue weighted by Gasteiger charge is 2.14. The Morgan fingerprint density at radius 1 is 1.62 bits per heavy atom. The quantitative estimate of drug-likeness (QED) is 0.722. The van der Waals surface area contributed by atoms with Gasteiger partial charge < -0.3 is 10.6 Å². The number of aromatic nitrogens is 1. The van der Waals surface area contributed by atoms with Gasteiger partial charge in [0, 0.05) is 12.6 Å². The molecule has 2 N–H and O–H groups in total. The standard InChI is InChI=1S/C9H12ClN3/c10-9-2-1-7(6-13-9)12-5-8-3-4-11-8/h1-2,6,8,11-12H,3-5H2/t8-/m0/s1. The van der Waals surface area contributed by atoms with Gasteiger partial charge in [0.2, 0.25) is 0 Å². The lowest BCUT2D eigenvalue weighted by atomic mass is 10.1. The fourth-order valence-electron chi connectivity index (χ4n) is 1.24. The van der Waals surface area contributed by atoms with E-state index >= 15 is 0 Å². The van der Waals surface area contributed by atoms with E-state index in [0.717, 1.165) is 18.8 Å². The van der Waals surface area contributed by atoms with E-state index in [-0.39, 0.29) is 0 Å². The maximum absolute atomic E-state index is 5.66. The molecule has 0 aliphatic carbocycles. The first-order valence-corrected chi connectivity index (χ1v) is 4.81. The van der Waals surface area contributed by atoms with Crippen molar-refractivity contribution < 1.29 is 0 Å². The Morgan fingerprint density at radius 3 is 3.00 bits per heavy atom. The Kier molecular flexibility index (Phi) is 2.66. The van der Waals surface area contributed by atoms with E-state index < -0.39 is 0 Å². The molecule has 0 aromatic carbocycles. The SMILES string of the molecule is Clc1ccc(NC[C@@H]2CCN2)cn1. The fraction of sp³-hybridized carbons (Fsp3) is 0.444. The second-order valence-corrected chi connectivity index (χ2v) is 3.58. The topological polar surface area (TPSA) is 37.0 Å². The van der Waals surface area contributed by atoms with E-state index in [1.165, 1.54) is 6.42 Å². The minimum absolute atomic E-state index is 0.535. The molecule has 70 valence electrons. The molecular weight excluding hydrogens is 186 g/mol. The van der Waals surface area contributed by atoms with E-state index in [4.69, 9.17) is 11.6 Å². The summed E-state index contributed by atoms with van der Waals surface area (Å²) in [5, 5.41) is 7.14. The first-order chi connectivity index (χ1) is 6.34. The zero-order valence-corrected chi connectivity index (χ0v) is 8.01. The highest BCUT2D eigenvalue weighted by molar-refractivity contribution is 6.29. The molecular formula is C9H12ClN3. The molecule has 2 rings (SSSR count). The number of hydrogen-bond acceptors (Lipinski definition) is 3. The van der Waals surface area contributed by atoms with E-state index in [2.05, 4.69) is 15.6 Å². The van der Waals surface area contributed by atoms with E-state index in [9.17, 15) is 0 Å². The molecule has 1 saturated heterocycles. The molecule has 1 aliphatic heterocycles. The molecule has 2 heterocycles. The summed E-state index contributed by atoms with van der Waals surface area (Å²) in [6, 6.07) is 4.35. The fourth-order valence-corrected chi connectivity index (χ4v) is 1.36. The van der Waals surface area contributed by atoms with Crippen molar-refractivity contribution in [3.8, 4) is 0 Å². The van der Waals surface area contributed by atoms with E-state index in [1.807, 2.05) is 6.07 Å². The van der Waals surface area contributed by atoms with Crippen LogP contribution in [0.2, 0.25) is 5.15 Å². The van der Waals surface area contributed by atoms with Crippen LogP contribution in [0.4, 0.5) is 5.69 Å². The highest BCUT2D eigenvalue weighted by Crippen LogP contribution is 2.10. The molecule has 1 fully saturated rings. The van der Waals surface area contributed by atoms with Gasteiger partial charge in [-0.25, -0.2) is 4.98 Å². The van der Waals surface area contributed by atoms with Crippen molar-refractivity contribution in [3.05, 3.63) is 23.5 Å². The van der Waals surface area contributed by atoms with Crippen LogP contribution >= 0.6 is 11.6 Å². The molecule has 1 aliphatic rings. The summed E-state index contributed by atoms with van der Waals surface area (Å²) in [5.74, 6) is 0. The van der Waals surface area contributed by atoms with Crippen molar-refractivity contribution in [1.82, 2.24) is 10.3 Å². The zero-order valence-electron chi connectivity index (χ0n) is 7.26. The number of hydrogen-bond donors (Lipinski definition) is 2. The smallest absolute Gasteiger partial charge is 0.129 e. The van der Waals surface area contributed by atoms with Gasteiger partial charge in [0.25, 0.3) is 0 Å². The van der Waals surface area contributed by atoms with E-state index in [1.54, 1.807) is 12.3 Å². The minimum Gasteiger partial charge on any atom is -0.382 e. The number of nitrogens with zero attached hydrogens (tertiary/aromatic N) is 1. The van der Waals surface area contributed by atoms with Gasteiger partial charge in [0.1, 0.15) is 5.15 Å². The van der Waals surface area contributed by atoms with Crippen molar-refractivity contribution in [2.75, 3.05) is 18.4 Å². The van der Waals surface area contributed by atoms with Crippen LogP contribution in [-0.4, -0.2) is 24.1 Å². The molecule has 0 bridgehead atoms. The summed E-state index contributed by atoms with van der Waals surface area (Å²) in [5.41, 5.74) is 1.03. The van der Waals surface area contributed by atoms with Crippen molar-refractivity contribution in [2.45, 2.75) is 12.5 Å². The lowest BCUT2D eigenvalue weighted by Crippen LogP contribution is -2.47. The molecule has 0 spiro atoms. The lowest BCUT2D eigenvalue weighted by Gasteiger charge is -2.27. The first-order valence-electron chi connectivity index (χ1n) is 4.43. The molecule has 0 unspecified atom stereocenters. The summed E-state index contributed by atoms with van der Waals surface area (Å²) in [4.78, 5) is 3.98. The second-order valence-electron chi connectivity index (χ2n) is 3.19. The largest absolute Gasteiger partial charge is 0.382 e. The third-order valence-corrected chi connectivity index (χ3v) is 2.43. The molecule has 0 saturated carbocycles. The molecule has 13 heavy (non-hydrogen) atoms. The summed E-state index contributed by atoms with van der Waals surface area (Å²) in [7, 11) is 0. The van der Waals surface area contributed by atoms with Crippen LogP contribution in [0.15, 0.2) is 18.3 Å². The van der Waals surface area contributed by atoms with Gasteiger partial charge in [-0.05, 0) is 25.1 Å². The normalized spacial score (nSPS) is 20.8. The molecule has 0 amide bonds. The molecule has 1 aromatic rings. The molecule has 3 nitrogen and oxygen atoms in total. The number of anilines is 1. The summed E-state index contributed by atoms with van der Waals surface area (Å²) >= 11 is 5.66. The summed E-state index contributed by atoms with van der Waals surface area (Å²) < 4.78 is 0. The molecule has 1 aromatic heterocycles. The predicted molar refractivity (Wildman–Crippen MR) is 54.1 cm³/mol. The van der Waals surface area contributed by atoms with Gasteiger partial charge in [-0.3, -0.25) is 0 Å². The van der Waals surface area contributed by atoms with Crippen molar-refractivity contribution in [3.63, 3.8) is 0 Å². The number of halogens is 1. The molecule has 1 atom stereocenters. The predicted octanol–water partition coefficient (Wildman–Crippen LogP) is 1.51. The average molecular weight is 198 g/mol. The van der Waals surface area contributed by atoms with Gasteiger partial charge in [-0.15, -0.1) is 0 Å². The van der Waals surface area contributed by atoms with Gasteiger partial charge in [0.05, 0.1) is 11.9 Å². The third kappa shape index (κ3) is 2.32. The zero-order chi connectivity index (χ0) is 9.10. The summed E-state index contributed by atoms with van der Waals surface area (Å²) in [6.45, 7) is 2.11. The van der Waals surface area contributed by atoms with Crippen LogP contribution in [-0.2, 0) is 0 Å². The Bertz CT molecular complexity index is 269.